The Labute approximate surface area is 89.0 Å². The second-order valence-electron chi connectivity index (χ2n) is 4.41. The molecule has 86 valence electrons. The summed E-state index contributed by atoms with van der Waals surface area (Å²) in [5.74, 6) is 0. The van der Waals surface area contributed by atoms with Crippen molar-refractivity contribution < 1.29 is 0 Å². The summed E-state index contributed by atoms with van der Waals surface area (Å²) in [5, 5.41) is 4.53. The van der Waals surface area contributed by atoms with Gasteiger partial charge in [-0.25, -0.2) is 10.0 Å². The predicted octanol–water partition coefficient (Wildman–Crippen LogP) is -0.112. The highest BCUT2D eigenvalue weighted by molar-refractivity contribution is 4.56. The number of hydrogen-bond donors (Lipinski definition) is 0. The normalized spacial score (nSPS) is 12.4. The largest absolute Gasteiger partial charge is 0.308 e. The first kappa shape index (κ1) is 13.8. The SMILES string of the molecule is CN(C)CCN(CCN(C)C)N(C)C. The molecule has 0 aliphatic rings. The molecule has 0 aliphatic carbocycles. The summed E-state index contributed by atoms with van der Waals surface area (Å²) in [6, 6.07) is 0. The van der Waals surface area contributed by atoms with E-state index in [-0.39, 0.29) is 0 Å². The predicted molar refractivity (Wildman–Crippen MR) is 62.4 cm³/mol. The van der Waals surface area contributed by atoms with E-state index in [1.54, 1.807) is 0 Å². The molecule has 4 heteroatoms. The Morgan fingerprint density at radius 2 is 0.929 bits per heavy atom. The minimum absolute atomic E-state index is 1.09. The maximum absolute atomic E-state index is 2.36. The van der Waals surface area contributed by atoms with Crippen LogP contribution < -0.4 is 0 Å². The molecular formula is C10H26N4. The van der Waals surface area contributed by atoms with Crippen LogP contribution in [-0.4, -0.2) is 88.3 Å². The van der Waals surface area contributed by atoms with Crippen LogP contribution in [0.2, 0.25) is 0 Å². The third-order valence-electron chi connectivity index (χ3n) is 2.18. The third kappa shape index (κ3) is 7.26. The van der Waals surface area contributed by atoms with Gasteiger partial charge in [-0.05, 0) is 28.2 Å². The molecule has 0 amide bonds. The van der Waals surface area contributed by atoms with Crippen LogP contribution in [0.25, 0.3) is 0 Å². The van der Waals surface area contributed by atoms with Crippen LogP contribution in [0.4, 0.5) is 0 Å². The van der Waals surface area contributed by atoms with Gasteiger partial charge in [0.2, 0.25) is 0 Å². The first-order valence-corrected chi connectivity index (χ1v) is 5.15. The molecule has 0 spiro atoms. The van der Waals surface area contributed by atoms with Crippen LogP contribution >= 0.6 is 0 Å². The molecule has 0 saturated heterocycles. The lowest BCUT2D eigenvalue weighted by molar-refractivity contribution is 0.0147. The Kier molecular flexibility index (Phi) is 7.09. The number of hydrazine groups is 1. The minimum Gasteiger partial charge on any atom is -0.308 e. The lowest BCUT2D eigenvalue weighted by Gasteiger charge is -2.30. The zero-order valence-electron chi connectivity index (χ0n) is 10.6. The van der Waals surface area contributed by atoms with Gasteiger partial charge in [-0.15, -0.1) is 0 Å². The van der Waals surface area contributed by atoms with E-state index in [9.17, 15) is 0 Å². The van der Waals surface area contributed by atoms with Crippen molar-refractivity contribution >= 4 is 0 Å². The molecule has 0 aromatic heterocycles. The third-order valence-corrected chi connectivity index (χ3v) is 2.18. The molecule has 0 aromatic carbocycles. The zero-order valence-corrected chi connectivity index (χ0v) is 10.6. The van der Waals surface area contributed by atoms with Crippen LogP contribution in [0.1, 0.15) is 0 Å². The average Bonchev–Trinajstić information content (AvgIpc) is 2.02. The molecule has 0 bridgehead atoms. The van der Waals surface area contributed by atoms with Crippen molar-refractivity contribution in [2.24, 2.45) is 0 Å². The molecule has 0 unspecified atom stereocenters. The van der Waals surface area contributed by atoms with Crippen LogP contribution in [0.3, 0.4) is 0 Å². The summed E-state index contributed by atoms with van der Waals surface area (Å²) in [5.41, 5.74) is 0. The van der Waals surface area contributed by atoms with Crippen molar-refractivity contribution in [3.63, 3.8) is 0 Å². The lowest BCUT2D eigenvalue weighted by Crippen LogP contribution is -2.44. The van der Waals surface area contributed by atoms with Gasteiger partial charge in [0.1, 0.15) is 0 Å². The molecular weight excluding hydrogens is 176 g/mol. The Hall–Kier alpha value is -0.160. The molecule has 14 heavy (non-hydrogen) atoms. The van der Waals surface area contributed by atoms with Gasteiger partial charge in [0.25, 0.3) is 0 Å². The monoisotopic (exact) mass is 202 g/mol. The van der Waals surface area contributed by atoms with Crippen molar-refractivity contribution in [1.82, 2.24) is 19.8 Å². The molecule has 0 saturated carbocycles. The van der Waals surface area contributed by atoms with Gasteiger partial charge in [0.05, 0.1) is 0 Å². The van der Waals surface area contributed by atoms with Crippen molar-refractivity contribution in [3.05, 3.63) is 0 Å². The average molecular weight is 202 g/mol. The Morgan fingerprint density at radius 1 is 0.571 bits per heavy atom. The quantitative estimate of drug-likeness (QED) is 0.534. The summed E-state index contributed by atoms with van der Waals surface area (Å²) in [7, 11) is 12.6. The van der Waals surface area contributed by atoms with Gasteiger partial charge in [0.15, 0.2) is 0 Å². The summed E-state index contributed by atoms with van der Waals surface area (Å²) < 4.78 is 0. The molecule has 0 aromatic rings. The fraction of sp³-hybridized carbons (Fsp3) is 1.00. The van der Waals surface area contributed by atoms with Crippen molar-refractivity contribution in [3.8, 4) is 0 Å². The number of rotatable bonds is 7. The van der Waals surface area contributed by atoms with E-state index >= 15 is 0 Å². The first-order chi connectivity index (χ1) is 6.43. The van der Waals surface area contributed by atoms with Gasteiger partial charge in [0, 0.05) is 40.3 Å². The second-order valence-corrected chi connectivity index (χ2v) is 4.41. The molecule has 0 radical (unpaired) electrons. The van der Waals surface area contributed by atoms with E-state index in [4.69, 9.17) is 0 Å². The van der Waals surface area contributed by atoms with Crippen LogP contribution in [-0.2, 0) is 0 Å². The summed E-state index contributed by atoms with van der Waals surface area (Å²) in [6.07, 6.45) is 0. The lowest BCUT2D eigenvalue weighted by atomic mass is 10.5. The fourth-order valence-electron chi connectivity index (χ4n) is 1.14. The first-order valence-electron chi connectivity index (χ1n) is 5.15. The number of hydrogen-bond acceptors (Lipinski definition) is 4. The second kappa shape index (κ2) is 7.17. The van der Waals surface area contributed by atoms with Crippen molar-refractivity contribution in [2.45, 2.75) is 0 Å². The topological polar surface area (TPSA) is 13.0 Å². The molecule has 0 atom stereocenters. The summed E-state index contributed by atoms with van der Waals surface area (Å²) in [4.78, 5) is 4.43. The van der Waals surface area contributed by atoms with E-state index in [0.29, 0.717) is 0 Å². The zero-order chi connectivity index (χ0) is 11.1. The summed E-state index contributed by atoms with van der Waals surface area (Å²) >= 11 is 0. The van der Waals surface area contributed by atoms with Crippen LogP contribution in [0.15, 0.2) is 0 Å². The van der Waals surface area contributed by atoms with E-state index in [1.165, 1.54) is 0 Å². The highest BCUT2D eigenvalue weighted by Crippen LogP contribution is 1.92. The summed E-state index contributed by atoms with van der Waals surface area (Å²) in [6.45, 7) is 4.39. The maximum atomic E-state index is 2.36. The Balaban J connectivity index is 3.78. The van der Waals surface area contributed by atoms with E-state index in [1.807, 2.05) is 0 Å². The number of likely N-dealkylation sites (N-methyl/N-ethyl adjacent to an activating group) is 2. The molecule has 0 rings (SSSR count). The highest BCUT2D eigenvalue weighted by atomic mass is 15.6. The van der Waals surface area contributed by atoms with Crippen molar-refractivity contribution in [2.75, 3.05) is 68.5 Å². The molecule has 0 aliphatic heterocycles. The smallest absolute Gasteiger partial charge is 0.0261 e. The van der Waals surface area contributed by atoms with Gasteiger partial charge in [-0.3, -0.25) is 0 Å². The van der Waals surface area contributed by atoms with E-state index < -0.39 is 0 Å². The van der Waals surface area contributed by atoms with Crippen molar-refractivity contribution in [1.29, 1.82) is 0 Å². The fourth-order valence-corrected chi connectivity index (χ4v) is 1.14. The molecule has 0 N–H and O–H groups in total. The molecule has 0 heterocycles. The Morgan fingerprint density at radius 3 is 1.14 bits per heavy atom. The molecule has 0 fully saturated rings. The van der Waals surface area contributed by atoms with E-state index in [0.717, 1.165) is 26.2 Å². The van der Waals surface area contributed by atoms with Gasteiger partial charge in [-0.2, -0.15) is 0 Å². The highest BCUT2D eigenvalue weighted by Gasteiger charge is 2.07. The van der Waals surface area contributed by atoms with Crippen LogP contribution in [0, 0.1) is 0 Å². The standard InChI is InChI=1S/C10H26N4/c1-11(2)7-9-14(13(5)6)10-8-12(3)4/h7-10H2,1-6H3. The maximum Gasteiger partial charge on any atom is 0.0261 e. The van der Waals surface area contributed by atoms with Gasteiger partial charge in [-0.1, -0.05) is 0 Å². The number of nitrogens with zero attached hydrogens (tertiary/aromatic N) is 4. The Bertz CT molecular complexity index is 122. The minimum atomic E-state index is 1.09. The van der Waals surface area contributed by atoms with Gasteiger partial charge >= 0.3 is 0 Å². The van der Waals surface area contributed by atoms with Gasteiger partial charge < -0.3 is 9.80 Å². The van der Waals surface area contributed by atoms with Crippen LogP contribution in [0.5, 0.6) is 0 Å². The van der Waals surface area contributed by atoms with E-state index in [2.05, 4.69) is 62.1 Å². The molecule has 4 nitrogen and oxygen atoms in total.